The molecule has 0 spiro atoms. The Kier molecular flexibility index (Phi) is 18.9. The SMILES string of the molecule is C=C1CC([C@H](O)C=O)O[C@H](C)[C@@H]1C.CCC(F)(F)CC[C@@H](N)OCO.C[C@H](O)C[C@H](O)CO. The first-order chi connectivity index (χ1) is 15.2. The van der Waals surface area contributed by atoms with Crippen molar-refractivity contribution in [3.63, 3.8) is 0 Å². The van der Waals surface area contributed by atoms with E-state index in [1.165, 1.54) is 6.92 Å². The van der Waals surface area contributed by atoms with E-state index < -0.39 is 43.4 Å². The summed E-state index contributed by atoms with van der Waals surface area (Å²) in [5.74, 6) is -2.37. The molecular formula is C22H43F2NO8. The summed E-state index contributed by atoms with van der Waals surface area (Å²) in [7, 11) is 0. The van der Waals surface area contributed by atoms with Gasteiger partial charge in [-0.2, -0.15) is 0 Å². The first kappa shape index (κ1) is 34.1. The van der Waals surface area contributed by atoms with Gasteiger partial charge >= 0.3 is 0 Å². The third-order valence-electron chi connectivity index (χ3n) is 5.15. The van der Waals surface area contributed by atoms with Crippen LogP contribution in [0.3, 0.4) is 0 Å². The van der Waals surface area contributed by atoms with Crippen LogP contribution >= 0.6 is 0 Å². The molecule has 0 bridgehead atoms. The number of rotatable bonds is 11. The molecule has 0 saturated carbocycles. The number of halogens is 2. The van der Waals surface area contributed by atoms with Crippen LogP contribution in [0.2, 0.25) is 0 Å². The van der Waals surface area contributed by atoms with Gasteiger partial charge in [0.2, 0.25) is 5.92 Å². The Labute approximate surface area is 195 Å². The molecule has 1 heterocycles. The van der Waals surface area contributed by atoms with Crippen molar-refractivity contribution in [2.24, 2.45) is 11.7 Å². The summed E-state index contributed by atoms with van der Waals surface area (Å²) in [6.07, 6.45) is -2.60. The van der Waals surface area contributed by atoms with Crippen molar-refractivity contribution in [1.29, 1.82) is 0 Å². The van der Waals surface area contributed by atoms with Crippen molar-refractivity contribution in [2.75, 3.05) is 13.4 Å². The van der Waals surface area contributed by atoms with Gasteiger partial charge in [-0.1, -0.05) is 26.0 Å². The maximum Gasteiger partial charge on any atom is 0.248 e. The zero-order valence-corrected chi connectivity index (χ0v) is 20.1. The fourth-order valence-electron chi connectivity index (χ4n) is 2.68. The highest BCUT2D eigenvalue weighted by atomic mass is 19.3. The summed E-state index contributed by atoms with van der Waals surface area (Å²) < 4.78 is 35.1. The monoisotopic (exact) mass is 487 g/mol. The van der Waals surface area contributed by atoms with E-state index in [4.69, 9.17) is 30.9 Å². The Bertz CT molecular complexity index is 525. The van der Waals surface area contributed by atoms with Crippen LogP contribution in [0.5, 0.6) is 0 Å². The van der Waals surface area contributed by atoms with E-state index >= 15 is 0 Å². The molecule has 1 unspecified atom stereocenters. The van der Waals surface area contributed by atoms with Gasteiger partial charge in [-0.05, 0) is 26.7 Å². The van der Waals surface area contributed by atoms with Gasteiger partial charge in [-0.25, -0.2) is 8.78 Å². The fourth-order valence-corrected chi connectivity index (χ4v) is 2.68. The lowest BCUT2D eigenvalue weighted by Crippen LogP contribution is -2.40. The lowest BCUT2D eigenvalue weighted by atomic mass is 9.88. The lowest BCUT2D eigenvalue weighted by molar-refractivity contribution is -0.132. The summed E-state index contributed by atoms with van der Waals surface area (Å²) in [4.78, 5) is 10.3. The third-order valence-corrected chi connectivity index (χ3v) is 5.15. The molecule has 1 aliphatic heterocycles. The molecule has 198 valence electrons. The molecule has 0 aromatic heterocycles. The molecular weight excluding hydrogens is 444 g/mol. The number of ether oxygens (including phenoxy) is 2. The van der Waals surface area contributed by atoms with Crippen molar-refractivity contribution >= 4 is 6.29 Å². The van der Waals surface area contributed by atoms with Gasteiger partial charge in [0, 0.05) is 25.2 Å². The standard InChI is InChI=1S/C10H16O3.C7H15F2NO2.C5H12O3/c1-6-4-10(9(12)5-11)13-8(3)7(6)2;1-2-7(8,9)4-3-6(10)12-5-11;1-4(7)2-5(8)3-6/h5,7-10,12H,1,4H2,2-3H3;6,11H,2-5,10H2,1H3;4-8H,2-3H2,1H3/t7-,8-,9-,10?;6-;4-,5-/m100/s1. The van der Waals surface area contributed by atoms with Crippen LogP contribution in [0.1, 0.15) is 59.8 Å². The normalized spacial score (nSPS) is 24.4. The molecule has 0 aromatic carbocycles. The highest BCUT2D eigenvalue weighted by Gasteiger charge is 2.31. The van der Waals surface area contributed by atoms with Gasteiger partial charge in [-0.15, -0.1) is 0 Å². The number of hydrogen-bond donors (Lipinski definition) is 6. The van der Waals surface area contributed by atoms with Gasteiger partial charge in [0.15, 0.2) is 6.29 Å². The number of aliphatic hydroxyl groups excluding tert-OH is 5. The second kappa shape index (κ2) is 18.3. The van der Waals surface area contributed by atoms with Crippen LogP contribution in [0, 0.1) is 5.92 Å². The van der Waals surface area contributed by atoms with E-state index in [0.29, 0.717) is 18.6 Å². The number of alkyl halides is 2. The van der Waals surface area contributed by atoms with Crippen molar-refractivity contribution < 1.29 is 48.6 Å². The number of nitrogens with two attached hydrogens (primary N) is 1. The maximum atomic E-state index is 12.6. The number of aldehydes is 1. The molecule has 0 aromatic rings. The van der Waals surface area contributed by atoms with Crippen LogP contribution in [0.25, 0.3) is 0 Å². The van der Waals surface area contributed by atoms with Gasteiger partial charge in [0.25, 0.3) is 0 Å². The van der Waals surface area contributed by atoms with Crippen LogP contribution in [-0.4, -0.2) is 87.9 Å². The van der Waals surface area contributed by atoms with E-state index in [0.717, 1.165) is 5.57 Å². The van der Waals surface area contributed by atoms with E-state index in [1.807, 2.05) is 13.8 Å². The van der Waals surface area contributed by atoms with Crippen molar-refractivity contribution in [2.45, 2.75) is 102 Å². The minimum absolute atomic E-state index is 0.0286. The summed E-state index contributed by atoms with van der Waals surface area (Å²) in [5.41, 5.74) is 6.28. The van der Waals surface area contributed by atoms with Crippen LogP contribution in [0.15, 0.2) is 12.2 Å². The van der Waals surface area contributed by atoms with Gasteiger partial charge in [-0.3, -0.25) is 0 Å². The molecule has 1 rings (SSSR count). The molecule has 1 aliphatic rings. The highest BCUT2D eigenvalue weighted by molar-refractivity contribution is 5.56. The van der Waals surface area contributed by atoms with Gasteiger partial charge < -0.3 is 45.5 Å². The molecule has 33 heavy (non-hydrogen) atoms. The number of carbonyl (C=O) groups excluding carboxylic acids is 1. The largest absolute Gasteiger partial charge is 0.394 e. The number of aliphatic hydroxyl groups is 5. The Hall–Kier alpha value is -1.05. The molecule has 11 heteroatoms. The van der Waals surface area contributed by atoms with E-state index in [2.05, 4.69) is 11.3 Å². The Morgan fingerprint density at radius 3 is 2.24 bits per heavy atom. The Balaban J connectivity index is 0. The van der Waals surface area contributed by atoms with Gasteiger partial charge in [0.1, 0.15) is 19.1 Å². The lowest BCUT2D eigenvalue weighted by Gasteiger charge is -2.35. The molecule has 7 N–H and O–H groups in total. The van der Waals surface area contributed by atoms with E-state index in [1.54, 1.807) is 6.92 Å². The average Bonchev–Trinajstić information content (AvgIpc) is 2.75. The van der Waals surface area contributed by atoms with Crippen molar-refractivity contribution in [1.82, 2.24) is 0 Å². The maximum absolute atomic E-state index is 12.6. The van der Waals surface area contributed by atoms with Crippen LogP contribution in [0.4, 0.5) is 8.78 Å². The topological polar surface area (TPSA) is 163 Å². The molecule has 0 aliphatic carbocycles. The summed E-state index contributed by atoms with van der Waals surface area (Å²) in [6.45, 7) is 10.1. The number of carbonyl (C=O) groups is 1. The van der Waals surface area contributed by atoms with Gasteiger partial charge in [0.05, 0.1) is 31.0 Å². The zero-order valence-electron chi connectivity index (χ0n) is 20.1. The summed E-state index contributed by atoms with van der Waals surface area (Å²) in [6, 6.07) is 0. The first-order valence-electron chi connectivity index (χ1n) is 11.0. The second-order valence-corrected chi connectivity index (χ2v) is 8.16. The van der Waals surface area contributed by atoms with Crippen molar-refractivity contribution in [3.05, 3.63) is 12.2 Å². The number of hydrogen-bond acceptors (Lipinski definition) is 9. The Morgan fingerprint density at radius 1 is 1.30 bits per heavy atom. The Morgan fingerprint density at radius 2 is 1.88 bits per heavy atom. The quantitative estimate of drug-likeness (QED) is 0.142. The molecule has 1 fully saturated rings. The zero-order chi connectivity index (χ0) is 26.2. The third kappa shape index (κ3) is 17.1. The van der Waals surface area contributed by atoms with E-state index in [-0.39, 0.29) is 38.4 Å². The second-order valence-electron chi connectivity index (χ2n) is 8.16. The summed E-state index contributed by atoms with van der Waals surface area (Å²) >= 11 is 0. The van der Waals surface area contributed by atoms with E-state index in [9.17, 15) is 18.7 Å². The highest BCUT2D eigenvalue weighted by Crippen LogP contribution is 2.29. The first-order valence-corrected chi connectivity index (χ1v) is 11.0. The van der Waals surface area contributed by atoms with Crippen molar-refractivity contribution in [3.8, 4) is 0 Å². The predicted octanol–water partition coefficient (Wildman–Crippen LogP) is 1.09. The fraction of sp³-hybridized carbons (Fsp3) is 0.864. The minimum Gasteiger partial charge on any atom is -0.394 e. The molecule has 1 saturated heterocycles. The molecule has 7 atom stereocenters. The van der Waals surface area contributed by atoms with Crippen LogP contribution in [-0.2, 0) is 14.3 Å². The molecule has 0 radical (unpaired) electrons. The molecule has 0 amide bonds. The smallest absolute Gasteiger partial charge is 0.248 e. The summed E-state index contributed by atoms with van der Waals surface area (Å²) in [5, 5.41) is 42.9. The predicted molar refractivity (Wildman–Crippen MR) is 119 cm³/mol. The minimum atomic E-state index is -2.67. The van der Waals surface area contributed by atoms with Crippen LogP contribution < -0.4 is 5.73 Å². The average molecular weight is 488 g/mol. The molecule has 9 nitrogen and oxygen atoms in total.